The maximum atomic E-state index is 10.9. The Labute approximate surface area is 126 Å². The lowest BCUT2D eigenvalue weighted by atomic mass is 10.1. The van der Waals surface area contributed by atoms with Crippen LogP contribution in [0.15, 0.2) is 36.4 Å². The standard InChI is InChI=1S/C14H15ClN2O2S/c1-10(13-6-7-14(15)20-13)16-9-8-11-4-2-3-5-12(11)17(18)19/h2-7,10,16H,8-9H2,1H3. The predicted molar refractivity (Wildman–Crippen MR) is 82.5 cm³/mol. The molecule has 2 rings (SSSR count). The summed E-state index contributed by atoms with van der Waals surface area (Å²) in [6, 6.07) is 10.9. The molecule has 20 heavy (non-hydrogen) atoms. The van der Waals surface area contributed by atoms with Crippen LogP contribution in [0.4, 0.5) is 5.69 Å². The van der Waals surface area contributed by atoms with Crippen LogP contribution in [0.1, 0.15) is 23.4 Å². The van der Waals surface area contributed by atoms with Gasteiger partial charge in [0.1, 0.15) is 0 Å². The average molecular weight is 311 g/mol. The summed E-state index contributed by atoms with van der Waals surface area (Å²) in [5, 5.41) is 14.3. The first-order valence-corrected chi connectivity index (χ1v) is 7.48. The summed E-state index contributed by atoms with van der Waals surface area (Å²) >= 11 is 7.45. The largest absolute Gasteiger partial charge is 0.309 e. The monoisotopic (exact) mass is 310 g/mol. The van der Waals surface area contributed by atoms with Crippen molar-refractivity contribution in [3.8, 4) is 0 Å². The number of nitro groups is 1. The Kier molecular flexibility index (Phi) is 5.11. The van der Waals surface area contributed by atoms with Crippen molar-refractivity contribution >= 4 is 28.6 Å². The molecule has 0 aliphatic heterocycles. The van der Waals surface area contributed by atoms with Gasteiger partial charge in [-0.05, 0) is 25.5 Å². The van der Waals surface area contributed by atoms with Crippen molar-refractivity contribution in [1.82, 2.24) is 5.32 Å². The number of thiophene rings is 1. The van der Waals surface area contributed by atoms with E-state index in [0.717, 1.165) is 14.8 Å². The van der Waals surface area contributed by atoms with Crippen LogP contribution in [0, 0.1) is 10.1 Å². The van der Waals surface area contributed by atoms with Gasteiger partial charge < -0.3 is 5.32 Å². The molecule has 6 heteroatoms. The highest BCUT2D eigenvalue weighted by Crippen LogP contribution is 2.26. The van der Waals surface area contributed by atoms with Crippen LogP contribution in [-0.2, 0) is 6.42 Å². The zero-order valence-corrected chi connectivity index (χ0v) is 12.6. The number of para-hydroxylation sites is 1. The number of hydrogen-bond donors (Lipinski definition) is 1. The summed E-state index contributed by atoms with van der Waals surface area (Å²) in [6.45, 7) is 2.74. The molecule has 0 spiro atoms. The summed E-state index contributed by atoms with van der Waals surface area (Å²) in [5.41, 5.74) is 0.933. The summed E-state index contributed by atoms with van der Waals surface area (Å²) in [6.07, 6.45) is 0.626. The molecule has 1 N–H and O–H groups in total. The third-order valence-corrected chi connectivity index (χ3v) is 4.47. The van der Waals surface area contributed by atoms with Crippen molar-refractivity contribution in [1.29, 1.82) is 0 Å². The number of nitrogens with zero attached hydrogens (tertiary/aromatic N) is 1. The average Bonchev–Trinajstić information content (AvgIpc) is 2.86. The van der Waals surface area contributed by atoms with E-state index in [0.29, 0.717) is 13.0 Å². The maximum absolute atomic E-state index is 10.9. The molecule has 4 nitrogen and oxygen atoms in total. The van der Waals surface area contributed by atoms with Crippen LogP contribution >= 0.6 is 22.9 Å². The Morgan fingerprint density at radius 2 is 2.10 bits per heavy atom. The van der Waals surface area contributed by atoms with E-state index in [4.69, 9.17) is 11.6 Å². The van der Waals surface area contributed by atoms with E-state index in [-0.39, 0.29) is 16.7 Å². The van der Waals surface area contributed by atoms with Gasteiger partial charge in [0.15, 0.2) is 0 Å². The Hall–Kier alpha value is -1.43. The topological polar surface area (TPSA) is 55.2 Å². The molecule has 0 saturated carbocycles. The first kappa shape index (κ1) is 15.0. The first-order chi connectivity index (χ1) is 9.58. The Balaban J connectivity index is 1.92. The molecular weight excluding hydrogens is 296 g/mol. The lowest BCUT2D eigenvalue weighted by Gasteiger charge is -2.11. The van der Waals surface area contributed by atoms with Crippen LogP contribution in [0.25, 0.3) is 0 Å². The molecule has 0 bridgehead atoms. The third-order valence-electron chi connectivity index (χ3n) is 3.05. The summed E-state index contributed by atoms with van der Waals surface area (Å²) in [7, 11) is 0. The summed E-state index contributed by atoms with van der Waals surface area (Å²) in [4.78, 5) is 11.7. The number of hydrogen-bond acceptors (Lipinski definition) is 4. The van der Waals surface area contributed by atoms with Gasteiger partial charge in [-0.25, -0.2) is 0 Å². The summed E-state index contributed by atoms with van der Waals surface area (Å²) in [5.74, 6) is 0. The van der Waals surface area contributed by atoms with Crippen LogP contribution in [0.2, 0.25) is 4.34 Å². The normalized spacial score (nSPS) is 12.3. The molecule has 0 aliphatic carbocycles. The SMILES string of the molecule is CC(NCCc1ccccc1[N+](=O)[O-])c1ccc(Cl)s1. The zero-order valence-electron chi connectivity index (χ0n) is 11.0. The molecule has 1 atom stereocenters. The van der Waals surface area contributed by atoms with E-state index >= 15 is 0 Å². The second-order valence-corrected chi connectivity index (χ2v) is 6.20. The van der Waals surface area contributed by atoms with Gasteiger partial charge >= 0.3 is 0 Å². The predicted octanol–water partition coefficient (Wildman–Crippen LogP) is 4.20. The van der Waals surface area contributed by atoms with Gasteiger partial charge in [-0.1, -0.05) is 29.8 Å². The fourth-order valence-corrected chi connectivity index (χ4v) is 3.07. The van der Waals surface area contributed by atoms with E-state index in [1.165, 1.54) is 6.07 Å². The third kappa shape index (κ3) is 3.79. The van der Waals surface area contributed by atoms with Gasteiger partial charge in [-0.15, -0.1) is 11.3 Å². The number of halogens is 1. The van der Waals surface area contributed by atoms with Crippen molar-refractivity contribution in [2.24, 2.45) is 0 Å². The van der Waals surface area contributed by atoms with Crippen molar-refractivity contribution < 1.29 is 4.92 Å². The van der Waals surface area contributed by atoms with Crippen LogP contribution in [0.5, 0.6) is 0 Å². The summed E-state index contributed by atoms with van der Waals surface area (Å²) < 4.78 is 0.771. The molecule has 2 aromatic rings. The van der Waals surface area contributed by atoms with E-state index in [2.05, 4.69) is 12.2 Å². The number of rotatable bonds is 6. The lowest BCUT2D eigenvalue weighted by Crippen LogP contribution is -2.20. The van der Waals surface area contributed by atoms with Gasteiger partial charge in [0.05, 0.1) is 9.26 Å². The van der Waals surface area contributed by atoms with Crippen LogP contribution < -0.4 is 5.32 Å². The Morgan fingerprint density at radius 1 is 1.35 bits per heavy atom. The fourth-order valence-electron chi connectivity index (χ4n) is 1.99. The lowest BCUT2D eigenvalue weighted by molar-refractivity contribution is -0.385. The molecule has 1 unspecified atom stereocenters. The highest BCUT2D eigenvalue weighted by molar-refractivity contribution is 7.16. The molecule has 0 fully saturated rings. The number of nitrogens with one attached hydrogen (secondary N) is 1. The molecule has 1 heterocycles. The van der Waals surface area contributed by atoms with Gasteiger partial charge in [0, 0.05) is 29.1 Å². The van der Waals surface area contributed by atoms with Gasteiger partial charge in [-0.2, -0.15) is 0 Å². The second kappa shape index (κ2) is 6.83. The Bertz CT molecular complexity index is 600. The van der Waals surface area contributed by atoms with Gasteiger partial charge in [-0.3, -0.25) is 10.1 Å². The van der Waals surface area contributed by atoms with Crippen molar-refractivity contribution in [2.45, 2.75) is 19.4 Å². The van der Waals surface area contributed by atoms with E-state index in [1.54, 1.807) is 23.5 Å². The minimum atomic E-state index is -0.336. The quantitative estimate of drug-likeness (QED) is 0.642. The zero-order chi connectivity index (χ0) is 14.5. The fraction of sp³-hybridized carbons (Fsp3) is 0.286. The van der Waals surface area contributed by atoms with Crippen LogP contribution in [-0.4, -0.2) is 11.5 Å². The molecule has 0 saturated heterocycles. The molecule has 0 aliphatic rings. The second-order valence-electron chi connectivity index (χ2n) is 4.45. The van der Waals surface area contributed by atoms with E-state index < -0.39 is 0 Å². The Morgan fingerprint density at radius 3 is 2.75 bits per heavy atom. The molecule has 1 aromatic carbocycles. The minimum absolute atomic E-state index is 0.182. The molecule has 0 amide bonds. The van der Waals surface area contributed by atoms with Gasteiger partial charge in [0.2, 0.25) is 0 Å². The van der Waals surface area contributed by atoms with Gasteiger partial charge in [0.25, 0.3) is 5.69 Å². The van der Waals surface area contributed by atoms with Crippen molar-refractivity contribution in [3.05, 3.63) is 61.3 Å². The molecule has 0 radical (unpaired) electrons. The number of nitro benzene ring substituents is 1. The highest BCUT2D eigenvalue weighted by Gasteiger charge is 2.12. The molecule has 106 valence electrons. The first-order valence-electron chi connectivity index (χ1n) is 6.29. The molecular formula is C14H15ClN2O2S. The van der Waals surface area contributed by atoms with E-state index in [9.17, 15) is 10.1 Å². The maximum Gasteiger partial charge on any atom is 0.272 e. The highest BCUT2D eigenvalue weighted by atomic mass is 35.5. The van der Waals surface area contributed by atoms with Crippen molar-refractivity contribution in [3.63, 3.8) is 0 Å². The minimum Gasteiger partial charge on any atom is -0.309 e. The van der Waals surface area contributed by atoms with Crippen molar-refractivity contribution in [2.75, 3.05) is 6.54 Å². The van der Waals surface area contributed by atoms with Crippen LogP contribution in [0.3, 0.4) is 0 Å². The smallest absolute Gasteiger partial charge is 0.272 e. The molecule has 1 aromatic heterocycles. The number of benzene rings is 1. The van der Waals surface area contributed by atoms with E-state index in [1.807, 2.05) is 18.2 Å².